The van der Waals surface area contributed by atoms with Crippen LogP contribution >= 0.6 is 0 Å². The number of aromatic nitrogens is 2. The average Bonchev–Trinajstić information content (AvgIpc) is 2.68. The predicted octanol–water partition coefficient (Wildman–Crippen LogP) is 1.22. The van der Waals surface area contributed by atoms with E-state index in [2.05, 4.69) is 9.82 Å². The lowest BCUT2D eigenvalue weighted by atomic mass is 10.1. The topological polar surface area (TPSA) is 101 Å². The van der Waals surface area contributed by atoms with Gasteiger partial charge in [-0.15, -0.1) is 0 Å². The molecule has 0 bridgehead atoms. The molecule has 2 aromatic rings. The van der Waals surface area contributed by atoms with Gasteiger partial charge in [-0.2, -0.15) is 5.10 Å². The SMILES string of the molecule is CCS(=O)(=O)N[C@H]1CCCN(C(=O)c2nn(-c3ccccc3F)c(C)cc2=O)C1. The van der Waals surface area contributed by atoms with Crippen LogP contribution < -0.4 is 10.2 Å². The second-order valence-corrected chi connectivity index (χ2v) is 9.02. The van der Waals surface area contributed by atoms with Crippen molar-refractivity contribution < 1.29 is 17.6 Å². The van der Waals surface area contributed by atoms with Crippen LogP contribution in [0.1, 0.15) is 35.9 Å². The van der Waals surface area contributed by atoms with Crippen LogP contribution in [0, 0.1) is 12.7 Å². The normalized spacial score (nSPS) is 17.3. The van der Waals surface area contributed by atoms with Gasteiger partial charge in [0.15, 0.2) is 5.69 Å². The van der Waals surface area contributed by atoms with Crippen molar-refractivity contribution in [3.8, 4) is 5.69 Å². The number of piperidine rings is 1. The quantitative estimate of drug-likeness (QED) is 0.781. The number of rotatable bonds is 5. The number of benzene rings is 1. The monoisotopic (exact) mass is 422 g/mol. The summed E-state index contributed by atoms with van der Waals surface area (Å²) in [4.78, 5) is 26.8. The third-order valence-electron chi connectivity index (χ3n) is 4.83. The van der Waals surface area contributed by atoms with Gasteiger partial charge in [-0.05, 0) is 38.8 Å². The van der Waals surface area contributed by atoms with Crippen LogP contribution in [0.3, 0.4) is 0 Å². The highest BCUT2D eigenvalue weighted by atomic mass is 32.2. The minimum absolute atomic E-state index is 0.0513. The van der Waals surface area contributed by atoms with Gasteiger partial charge in [0.25, 0.3) is 5.91 Å². The Hall–Kier alpha value is -2.59. The zero-order valence-corrected chi connectivity index (χ0v) is 17.1. The van der Waals surface area contributed by atoms with Crippen molar-refractivity contribution >= 4 is 15.9 Å². The van der Waals surface area contributed by atoms with Crippen molar-refractivity contribution in [3.63, 3.8) is 0 Å². The number of amides is 1. The minimum Gasteiger partial charge on any atom is -0.336 e. The smallest absolute Gasteiger partial charge is 0.278 e. The van der Waals surface area contributed by atoms with Gasteiger partial charge in [0, 0.05) is 30.9 Å². The molecule has 0 aliphatic carbocycles. The van der Waals surface area contributed by atoms with Gasteiger partial charge in [0.05, 0.1) is 5.75 Å². The maximum absolute atomic E-state index is 14.2. The summed E-state index contributed by atoms with van der Waals surface area (Å²) in [6.07, 6.45) is 1.19. The highest BCUT2D eigenvalue weighted by molar-refractivity contribution is 7.89. The first-order valence-electron chi connectivity index (χ1n) is 9.37. The molecular formula is C19H23FN4O4S. The fourth-order valence-electron chi connectivity index (χ4n) is 3.31. The molecule has 8 nitrogen and oxygen atoms in total. The molecule has 1 aromatic carbocycles. The van der Waals surface area contributed by atoms with Gasteiger partial charge in [-0.25, -0.2) is 22.2 Å². The highest BCUT2D eigenvalue weighted by Gasteiger charge is 2.29. The largest absolute Gasteiger partial charge is 0.336 e. The Bertz CT molecular complexity index is 1080. The van der Waals surface area contributed by atoms with Crippen molar-refractivity contribution in [3.05, 3.63) is 57.8 Å². The lowest BCUT2D eigenvalue weighted by Gasteiger charge is -2.32. The first-order chi connectivity index (χ1) is 13.7. The number of para-hydroxylation sites is 1. The molecule has 10 heteroatoms. The number of halogens is 1. The van der Waals surface area contributed by atoms with Crippen molar-refractivity contribution in [2.75, 3.05) is 18.8 Å². The number of hydrogen-bond acceptors (Lipinski definition) is 5. The Morgan fingerprint density at radius 1 is 1.34 bits per heavy atom. The highest BCUT2D eigenvalue weighted by Crippen LogP contribution is 2.16. The van der Waals surface area contributed by atoms with Gasteiger partial charge in [0.1, 0.15) is 11.5 Å². The molecule has 29 heavy (non-hydrogen) atoms. The zero-order chi connectivity index (χ0) is 21.2. The predicted molar refractivity (Wildman–Crippen MR) is 106 cm³/mol. The summed E-state index contributed by atoms with van der Waals surface area (Å²) in [7, 11) is -3.41. The van der Waals surface area contributed by atoms with Crippen molar-refractivity contribution in [1.82, 2.24) is 19.4 Å². The summed E-state index contributed by atoms with van der Waals surface area (Å²) >= 11 is 0. The zero-order valence-electron chi connectivity index (χ0n) is 16.3. The van der Waals surface area contributed by atoms with Crippen LogP contribution in [0.2, 0.25) is 0 Å². The van der Waals surface area contributed by atoms with E-state index < -0.39 is 33.2 Å². The molecule has 156 valence electrons. The summed E-state index contributed by atoms with van der Waals surface area (Å²) in [5.74, 6) is -1.18. The van der Waals surface area contributed by atoms with Crippen LogP contribution in [0.5, 0.6) is 0 Å². The van der Waals surface area contributed by atoms with Crippen LogP contribution in [0.25, 0.3) is 5.69 Å². The Morgan fingerprint density at radius 3 is 2.76 bits per heavy atom. The van der Waals surface area contributed by atoms with E-state index in [4.69, 9.17) is 0 Å². The van der Waals surface area contributed by atoms with E-state index in [0.717, 1.165) is 0 Å². The Morgan fingerprint density at radius 2 is 2.07 bits per heavy atom. The molecule has 2 heterocycles. The van der Waals surface area contributed by atoms with E-state index >= 15 is 0 Å². The third kappa shape index (κ3) is 4.70. The molecule has 1 fully saturated rings. The van der Waals surface area contributed by atoms with Crippen molar-refractivity contribution in [2.24, 2.45) is 0 Å². The van der Waals surface area contributed by atoms with Crippen LogP contribution in [0.15, 0.2) is 35.1 Å². The number of carbonyl (C=O) groups excluding carboxylic acids is 1. The molecule has 1 aliphatic rings. The first-order valence-corrected chi connectivity index (χ1v) is 11.0. The van der Waals surface area contributed by atoms with E-state index in [1.807, 2.05) is 0 Å². The molecule has 0 spiro atoms. The van der Waals surface area contributed by atoms with Gasteiger partial charge in [-0.3, -0.25) is 9.59 Å². The Kier molecular flexibility index (Phi) is 6.13. The van der Waals surface area contributed by atoms with E-state index in [-0.39, 0.29) is 23.7 Å². The number of nitrogens with one attached hydrogen (secondary N) is 1. The van der Waals surface area contributed by atoms with E-state index in [0.29, 0.717) is 25.1 Å². The molecule has 1 atom stereocenters. The molecule has 1 N–H and O–H groups in total. The number of aryl methyl sites for hydroxylation is 1. The maximum atomic E-state index is 14.2. The molecule has 1 amide bonds. The summed E-state index contributed by atoms with van der Waals surface area (Å²) in [5.41, 5.74) is -0.357. The Balaban J connectivity index is 1.90. The van der Waals surface area contributed by atoms with Crippen molar-refractivity contribution in [2.45, 2.75) is 32.7 Å². The molecular weight excluding hydrogens is 399 g/mol. The van der Waals surface area contributed by atoms with Crippen LogP contribution in [0.4, 0.5) is 4.39 Å². The molecule has 1 aliphatic heterocycles. The second kappa shape index (κ2) is 8.42. The Labute approximate surface area is 168 Å². The molecule has 0 saturated carbocycles. The van der Waals surface area contributed by atoms with E-state index in [1.54, 1.807) is 13.0 Å². The van der Waals surface area contributed by atoms with Gasteiger partial charge >= 0.3 is 0 Å². The molecule has 0 radical (unpaired) electrons. The van der Waals surface area contributed by atoms with Gasteiger partial charge in [-0.1, -0.05) is 12.1 Å². The van der Waals surface area contributed by atoms with Crippen molar-refractivity contribution in [1.29, 1.82) is 0 Å². The summed E-state index contributed by atoms with van der Waals surface area (Å²) in [5, 5.41) is 4.13. The minimum atomic E-state index is -3.41. The number of likely N-dealkylation sites (tertiary alicyclic amines) is 1. The average molecular weight is 422 g/mol. The number of nitrogens with zero attached hydrogens (tertiary/aromatic N) is 3. The lowest BCUT2D eigenvalue weighted by molar-refractivity contribution is 0.0693. The summed E-state index contributed by atoms with van der Waals surface area (Å²) < 4.78 is 41.6. The third-order valence-corrected chi connectivity index (χ3v) is 6.28. The van der Waals surface area contributed by atoms with Crippen LogP contribution in [-0.2, 0) is 10.0 Å². The lowest BCUT2D eigenvalue weighted by Crippen LogP contribution is -2.50. The van der Waals surface area contributed by atoms with E-state index in [9.17, 15) is 22.4 Å². The van der Waals surface area contributed by atoms with Gasteiger partial charge in [0.2, 0.25) is 15.5 Å². The summed E-state index contributed by atoms with van der Waals surface area (Å²) in [6.45, 7) is 3.67. The number of sulfonamides is 1. The van der Waals surface area contributed by atoms with E-state index in [1.165, 1.54) is 40.8 Å². The maximum Gasteiger partial charge on any atom is 0.278 e. The number of hydrogen-bond donors (Lipinski definition) is 1. The fourth-order valence-corrected chi connectivity index (χ4v) is 4.17. The standard InChI is InChI=1S/C19H23FN4O4S/c1-3-29(27,28)22-14-7-6-10-23(12-14)19(26)18-17(25)11-13(2)24(21-18)16-9-5-4-8-15(16)20/h4-5,8-9,11,14,22H,3,6-7,10,12H2,1-2H3/t14-/m0/s1. The van der Waals surface area contributed by atoms with Gasteiger partial charge < -0.3 is 4.90 Å². The molecule has 1 saturated heterocycles. The number of carbonyl (C=O) groups is 1. The molecule has 0 unspecified atom stereocenters. The van der Waals surface area contributed by atoms with Crippen LogP contribution in [-0.4, -0.2) is 53.9 Å². The molecule has 3 rings (SSSR count). The first kappa shape index (κ1) is 21.1. The summed E-state index contributed by atoms with van der Waals surface area (Å²) in [6, 6.07) is 6.77. The fraction of sp³-hybridized carbons (Fsp3) is 0.421. The molecule has 1 aromatic heterocycles. The second-order valence-electron chi connectivity index (χ2n) is 6.97.